The van der Waals surface area contributed by atoms with E-state index >= 15 is 0 Å². The monoisotopic (exact) mass is 569 g/mol. The van der Waals surface area contributed by atoms with E-state index in [-0.39, 0.29) is 30.0 Å². The lowest BCUT2D eigenvalue weighted by molar-refractivity contribution is -0.140. The zero-order valence-electron chi connectivity index (χ0n) is 21.6. The molecule has 0 aliphatic rings. The number of rotatable bonds is 12. The maximum absolute atomic E-state index is 13.7. The second-order valence-corrected chi connectivity index (χ2v) is 11.6. The van der Waals surface area contributed by atoms with Crippen LogP contribution in [-0.4, -0.2) is 55.8 Å². The molecule has 2 aromatic carbocycles. The first kappa shape index (κ1) is 30.6. The van der Waals surface area contributed by atoms with Crippen molar-refractivity contribution in [2.45, 2.75) is 59.2 Å². The van der Waals surface area contributed by atoms with Crippen molar-refractivity contribution in [3.8, 4) is 0 Å². The smallest absolute Gasteiger partial charge is 0.244 e. The van der Waals surface area contributed by atoms with Gasteiger partial charge in [-0.15, -0.1) is 0 Å². The summed E-state index contributed by atoms with van der Waals surface area (Å²) in [7, 11) is -3.91. The van der Waals surface area contributed by atoms with Gasteiger partial charge in [0.1, 0.15) is 12.6 Å². The first-order chi connectivity index (χ1) is 17.3. The fourth-order valence-electron chi connectivity index (χ4n) is 3.69. The Balaban J connectivity index is 2.50. The molecule has 0 bridgehead atoms. The Morgan fingerprint density at radius 3 is 2.22 bits per heavy atom. The van der Waals surface area contributed by atoms with Crippen LogP contribution in [0.5, 0.6) is 0 Å². The summed E-state index contributed by atoms with van der Waals surface area (Å²) in [5.74, 6) is -1.17. The predicted molar refractivity (Wildman–Crippen MR) is 148 cm³/mol. The van der Waals surface area contributed by atoms with Gasteiger partial charge >= 0.3 is 0 Å². The fourth-order valence-corrected chi connectivity index (χ4v) is 4.85. The Labute approximate surface area is 229 Å². The molecule has 2 amide bonds. The number of carbonyl (C=O) groups excluding carboxylic acids is 3. The van der Waals surface area contributed by atoms with Crippen molar-refractivity contribution in [1.82, 2.24) is 10.2 Å². The van der Waals surface area contributed by atoms with E-state index in [1.54, 1.807) is 37.3 Å². The molecular weight excluding hydrogens is 537 g/mol. The van der Waals surface area contributed by atoms with Gasteiger partial charge < -0.3 is 10.2 Å². The van der Waals surface area contributed by atoms with Gasteiger partial charge in [-0.05, 0) is 56.5 Å². The molecule has 0 heterocycles. The lowest BCUT2D eigenvalue weighted by Crippen LogP contribution is -2.53. The summed E-state index contributed by atoms with van der Waals surface area (Å²) in [5.41, 5.74) is 1.11. The number of anilines is 1. The summed E-state index contributed by atoms with van der Waals surface area (Å²) < 4.78 is 26.4. The summed E-state index contributed by atoms with van der Waals surface area (Å²) in [6.45, 7) is 6.39. The summed E-state index contributed by atoms with van der Waals surface area (Å²) in [4.78, 5) is 40.1. The molecule has 0 radical (unpaired) electrons. The average molecular weight is 571 g/mol. The van der Waals surface area contributed by atoms with Gasteiger partial charge in [0, 0.05) is 18.2 Å². The van der Waals surface area contributed by atoms with Gasteiger partial charge in [0.25, 0.3) is 0 Å². The summed E-state index contributed by atoms with van der Waals surface area (Å²) in [6.07, 6.45) is 1.99. The van der Waals surface area contributed by atoms with Gasteiger partial charge in [-0.3, -0.25) is 18.7 Å². The highest BCUT2D eigenvalue weighted by Gasteiger charge is 2.32. The third-order valence-corrected chi connectivity index (χ3v) is 7.82. The van der Waals surface area contributed by atoms with Crippen LogP contribution in [0.15, 0.2) is 42.5 Å². The number of sulfonamides is 1. The van der Waals surface area contributed by atoms with Crippen LogP contribution in [0.1, 0.15) is 56.5 Å². The number of nitrogens with one attached hydrogen (secondary N) is 1. The minimum absolute atomic E-state index is 0.00718. The van der Waals surface area contributed by atoms with Crippen LogP contribution >= 0.6 is 23.2 Å². The molecule has 37 heavy (non-hydrogen) atoms. The van der Waals surface area contributed by atoms with E-state index in [9.17, 15) is 22.8 Å². The second kappa shape index (κ2) is 13.3. The van der Waals surface area contributed by atoms with Crippen molar-refractivity contribution >= 4 is 56.5 Å². The molecule has 0 aliphatic heterocycles. The molecule has 11 heteroatoms. The Morgan fingerprint density at radius 1 is 1.00 bits per heavy atom. The number of halogens is 2. The zero-order chi connectivity index (χ0) is 27.9. The quantitative estimate of drug-likeness (QED) is 0.373. The number of hydrogen-bond acceptors (Lipinski definition) is 5. The summed E-state index contributed by atoms with van der Waals surface area (Å²) >= 11 is 12.2. The van der Waals surface area contributed by atoms with Crippen molar-refractivity contribution in [3.63, 3.8) is 0 Å². The molecule has 2 atom stereocenters. The molecule has 1 N–H and O–H groups in total. The summed E-state index contributed by atoms with van der Waals surface area (Å²) in [6, 6.07) is 9.98. The van der Waals surface area contributed by atoms with E-state index in [1.165, 1.54) is 24.0 Å². The third kappa shape index (κ3) is 8.45. The van der Waals surface area contributed by atoms with Crippen LogP contribution in [-0.2, 0) is 26.2 Å². The molecule has 202 valence electrons. The lowest BCUT2D eigenvalue weighted by Gasteiger charge is -2.33. The van der Waals surface area contributed by atoms with Crippen molar-refractivity contribution < 1.29 is 22.8 Å². The van der Waals surface area contributed by atoms with E-state index < -0.39 is 28.5 Å². The van der Waals surface area contributed by atoms with Gasteiger partial charge in [0.2, 0.25) is 21.8 Å². The number of ketones is 1. The number of Topliss-reactive ketones (excluding diaryl/α,β-unsaturated/α-hetero) is 1. The molecule has 0 unspecified atom stereocenters. The molecule has 0 spiro atoms. The molecule has 0 fully saturated rings. The molecule has 2 rings (SSSR count). The highest BCUT2D eigenvalue weighted by molar-refractivity contribution is 7.92. The Kier molecular flexibility index (Phi) is 11.0. The number of hydrogen-bond donors (Lipinski definition) is 1. The van der Waals surface area contributed by atoms with Crippen LogP contribution in [0.2, 0.25) is 10.0 Å². The van der Waals surface area contributed by atoms with Crippen LogP contribution in [0.4, 0.5) is 5.69 Å². The predicted octanol–water partition coefficient (Wildman–Crippen LogP) is 4.68. The van der Waals surface area contributed by atoms with Crippen LogP contribution in [0.3, 0.4) is 0 Å². The SMILES string of the molecule is CC[C@H](C(=O)N[C@@H](C)CC)N(Cc1ccc(Cl)c(Cl)c1)C(=O)CN(c1cccc(C(C)=O)c1)S(C)(=O)=O. The third-order valence-electron chi connectivity index (χ3n) is 5.94. The van der Waals surface area contributed by atoms with Gasteiger partial charge in [0.05, 0.1) is 22.0 Å². The number of nitrogens with zero attached hydrogens (tertiary/aromatic N) is 2. The van der Waals surface area contributed by atoms with Gasteiger partial charge in [-0.25, -0.2) is 8.42 Å². The molecule has 0 saturated carbocycles. The van der Waals surface area contributed by atoms with E-state index in [0.717, 1.165) is 10.6 Å². The minimum atomic E-state index is -3.91. The summed E-state index contributed by atoms with van der Waals surface area (Å²) in [5, 5.41) is 3.55. The zero-order valence-corrected chi connectivity index (χ0v) is 24.0. The second-order valence-electron chi connectivity index (χ2n) is 8.89. The topological polar surface area (TPSA) is 104 Å². The first-order valence-electron chi connectivity index (χ1n) is 11.9. The molecule has 2 aromatic rings. The van der Waals surface area contributed by atoms with Crippen LogP contribution < -0.4 is 9.62 Å². The van der Waals surface area contributed by atoms with Crippen molar-refractivity contribution in [2.75, 3.05) is 17.1 Å². The number of amides is 2. The normalized spacial score (nSPS) is 12.9. The Hall–Kier alpha value is -2.62. The van der Waals surface area contributed by atoms with E-state index in [1.807, 2.05) is 13.8 Å². The average Bonchev–Trinajstić information content (AvgIpc) is 2.83. The standard InChI is InChI=1S/C26H33Cl2N3O5S/c1-6-17(3)29-26(34)24(7-2)30(15-19-11-12-22(27)23(28)13-19)25(33)16-31(37(5,35)36)21-10-8-9-20(14-21)18(4)32/h8-14,17,24H,6-7,15-16H2,1-5H3,(H,29,34)/t17-,24+/m0/s1. The Bertz CT molecular complexity index is 1250. The van der Waals surface area contributed by atoms with E-state index in [4.69, 9.17) is 23.2 Å². The largest absolute Gasteiger partial charge is 0.352 e. The van der Waals surface area contributed by atoms with Crippen molar-refractivity contribution in [2.24, 2.45) is 0 Å². The first-order valence-corrected chi connectivity index (χ1v) is 14.5. The van der Waals surface area contributed by atoms with Gasteiger partial charge in [-0.1, -0.05) is 55.2 Å². The molecule has 0 saturated heterocycles. The highest BCUT2D eigenvalue weighted by Crippen LogP contribution is 2.25. The molecule has 0 aliphatic carbocycles. The van der Waals surface area contributed by atoms with E-state index in [2.05, 4.69) is 5.32 Å². The van der Waals surface area contributed by atoms with Crippen LogP contribution in [0, 0.1) is 0 Å². The van der Waals surface area contributed by atoms with Crippen LogP contribution in [0.25, 0.3) is 0 Å². The fraction of sp³-hybridized carbons (Fsp3) is 0.423. The highest BCUT2D eigenvalue weighted by atomic mass is 35.5. The minimum Gasteiger partial charge on any atom is -0.352 e. The van der Waals surface area contributed by atoms with Crippen molar-refractivity contribution in [1.29, 1.82) is 0 Å². The van der Waals surface area contributed by atoms with Crippen molar-refractivity contribution in [3.05, 3.63) is 63.6 Å². The van der Waals surface area contributed by atoms with Gasteiger partial charge in [0.15, 0.2) is 5.78 Å². The lowest BCUT2D eigenvalue weighted by atomic mass is 10.1. The maximum Gasteiger partial charge on any atom is 0.244 e. The molecule has 0 aromatic heterocycles. The molecule has 8 nitrogen and oxygen atoms in total. The van der Waals surface area contributed by atoms with E-state index in [0.29, 0.717) is 34.0 Å². The number of carbonyl (C=O) groups is 3. The Morgan fingerprint density at radius 2 is 1.68 bits per heavy atom. The maximum atomic E-state index is 13.7. The van der Waals surface area contributed by atoms with Gasteiger partial charge in [-0.2, -0.15) is 0 Å². The molecular formula is C26H33Cl2N3O5S. The number of benzene rings is 2.